The molecule has 4 nitrogen and oxygen atoms in total. The van der Waals surface area contributed by atoms with Crippen LogP contribution >= 0.6 is 0 Å². The predicted molar refractivity (Wildman–Crippen MR) is 99.8 cm³/mol. The highest BCUT2D eigenvalue weighted by Gasteiger charge is 2.21. The zero-order valence-corrected chi connectivity index (χ0v) is 15.2. The van der Waals surface area contributed by atoms with E-state index in [1.807, 2.05) is 43.3 Å². The summed E-state index contributed by atoms with van der Waals surface area (Å²) in [6.07, 6.45) is 0.0992. The molecule has 0 aliphatic carbocycles. The summed E-state index contributed by atoms with van der Waals surface area (Å²) < 4.78 is 5.33. The molecule has 0 heterocycles. The molecule has 2 unspecified atom stereocenters. The zero-order valence-electron chi connectivity index (χ0n) is 15.2. The number of ether oxygens (including phenoxy) is 1. The van der Waals surface area contributed by atoms with Crippen molar-refractivity contribution >= 4 is 17.6 Å². The monoisotopic (exact) mass is 339 g/mol. The summed E-state index contributed by atoms with van der Waals surface area (Å²) in [7, 11) is 0. The van der Waals surface area contributed by atoms with Gasteiger partial charge in [0.15, 0.2) is 6.10 Å². The molecule has 2 aromatic rings. The highest BCUT2D eigenvalue weighted by atomic mass is 16.5. The van der Waals surface area contributed by atoms with Gasteiger partial charge in [0, 0.05) is 5.69 Å². The Morgan fingerprint density at radius 2 is 1.68 bits per heavy atom. The number of carbonyl (C=O) groups excluding carboxylic acids is 2. The summed E-state index contributed by atoms with van der Waals surface area (Å²) in [6.45, 7) is 7.64. The Bertz CT molecular complexity index is 754. The summed E-state index contributed by atoms with van der Waals surface area (Å²) in [5, 5.41) is 2.88. The Morgan fingerprint density at radius 1 is 1.04 bits per heavy atom. The van der Waals surface area contributed by atoms with Gasteiger partial charge in [0.25, 0.3) is 5.91 Å². The summed E-state index contributed by atoms with van der Waals surface area (Å²) in [5.41, 5.74) is 3.14. The van der Waals surface area contributed by atoms with Gasteiger partial charge in [-0.3, -0.25) is 4.79 Å². The number of rotatable bonds is 6. The van der Waals surface area contributed by atoms with E-state index in [0.29, 0.717) is 11.5 Å². The molecule has 4 heteroatoms. The van der Waals surface area contributed by atoms with E-state index in [9.17, 15) is 9.59 Å². The van der Waals surface area contributed by atoms with Gasteiger partial charge in [0.05, 0.1) is 5.56 Å². The van der Waals surface area contributed by atoms with Crippen molar-refractivity contribution in [3.05, 3.63) is 65.2 Å². The molecule has 0 radical (unpaired) electrons. The lowest BCUT2D eigenvalue weighted by atomic mass is 9.97. The van der Waals surface area contributed by atoms with Gasteiger partial charge in [-0.05, 0) is 49.4 Å². The van der Waals surface area contributed by atoms with Gasteiger partial charge >= 0.3 is 5.97 Å². The number of anilines is 1. The maximum atomic E-state index is 12.4. The second-order valence-corrected chi connectivity index (χ2v) is 6.25. The molecule has 1 N–H and O–H groups in total. The van der Waals surface area contributed by atoms with Crippen LogP contribution in [0.1, 0.15) is 54.6 Å². The fourth-order valence-electron chi connectivity index (χ4n) is 2.57. The Labute approximate surface area is 149 Å². The Hall–Kier alpha value is -2.62. The highest BCUT2D eigenvalue weighted by Crippen LogP contribution is 2.26. The van der Waals surface area contributed by atoms with E-state index < -0.39 is 12.1 Å². The fraction of sp³-hybridized carbons (Fsp3) is 0.333. The smallest absolute Gasteiger partial charge is 0.339 e. The number of nitrogens with one attached hydrogen (secondary N) is 1. The maximum absolute atomic E-state index is 12.4. The standard InChI is InChI=1S/C21H25NO3/c1-5-14(2)17-11-8-9-13-19(17)22-20(23)16(4)25-21(24)18-12-7-6-10-15(18)3/h6-14,16H,5H2,1-4H3,(H,22,23). The molecule has 1 amide bonds. The third kappa shape index (κ3) is 4.69. The number of esters is 1. The third-order valence-corrected chi connectivity index (χ3v) is 4.38. The fourth-order valence-corrected chi connectivity index (χ4v) is 2.57. The van der Waals surface area contributed by atoms with Crippen LogP contribution in [0.4, 0.5) is 5.69 Å². The van der Waals surface area contributed by atoms with Crippen molar-refractivity contribution in [3.8, 4) is 0 Å². The van der Waals surface area contributed by atoms with E-state index in [-0.39, 0.29) is 5.91 Å². The maximum Gasteiger partial charge on any atom is 0.339 e. The molecule has 0 bridgehead atoms. The van der Waals surface area contributed by atoms with Gasteiger partial charge in [0.2, 0.25) is 0 Å². The minimum atomic E-state index is -0.878. The molecule has 0 aromatic heterocycles. The van der Waals surface area contributed by atoms with Crippen LogP contribution in [0.15, 0.2) is 48.5 Å². The second kappa shape index (κ2) is 8.47. The molecule has 2 aromatic carbocycles. The van der Waals surface area contributed by atoms with Gasteiger partial charge in [-0.25, -0.2) is 4.79 Å². The predicted octanol–water partition coefficient (Wildman–Crippen LogP) is 4.69. The first-order valence-corrected chi connectivity index (χ1v) is 8.60. The molecule has 0 aliphatic rings. The van der Waals surface area contributed by atoms with Crippen LogP contribution in [0.25, 0.3) is 0 Å². The van der Waals surface area contributed by atoms with E-state index in [0.717, 1.165) is 23.2 Å². The van der Waals surface area contributed by atoms with Gasteiger partial charge in [-0.15, -0.1) is 0 Å². The van der Waals surface area contributed by atoms with E-state index in [2.05, 4.69) is 19.2 Å². The number of aryl methyl sites for hydroxylation is 1. The van der Waals surface area contributed by atoms with Crippen LogP contribution in [0, 0.1) is 6.92 Å². The highest BCUT2D eigenvalue weighted by molar-refractivity contribution is 5.98. The van der Waals surface area contributed by atoms with Crippen molar-refractivity contribution in [3.63, 3.8) is 0 Å². The molecular weight excluding hydrogens is 314 g/mol. The number of benzene rings is 2. The first kappa shape index (κ1) is 18.7. The van der Waals surface area contributed by atoms with Crippen molar-refractivity contribution in [2.45, 2.75) is 46.1 Å². The zero-order chi connectivity index (χ0) is 18.4. The Balaban J connectivity index is 2.06. The third-order valence-electron chi connectivity index (χ3n) is 4.38. The Kier molecular flexibility index (Phi) is 6.34. The van der Waals surface area contributed by atoms with E-state index in [4.69, 9.17) is 4.74 Å². The average molecular weight is 339 g/mol. The van der Waals surface area contributed by atoms with Crippen LogP contribution in [0.3, 0.4) is 0 Å². The second-order valence-electron chi connectivity index (χ2n) is 6.25. The number of amides is 1. The van der Waals surface area contributed by atoms with Crippen LogP contribution in [0.2, 0.25) is 0 Å². The summed E-state index contributed by atoms with van der Waals surface area (Å²) in [4.78, 5) is 24.7. The first-order chi connectivity index (χ1) is 11.9. The number of hydrogen-bond acceptors (Lipinski definition) is 3. The van der Waals surface area contributed by atoms with Crippen molar-refractivity contribution in [1.82, 2.24) is 0 Å². The molecule has 0 fully saturated rings. The van der Waals surface area contributed by atoms with E-state index in [1.54, 1.807) is 19.1 Å². The van der Waals surface area contributed by atoms with Crippen LogP contribution in [-0.2, 0) is 9.53 Å². The average Bonchev–Trinajstić information content (AvgIpc) is 2.61. The molecule has 0 saturated carbocycles. The van der Waals surface area contributed by atoms with Gasteiger partial charge in [-0.1, -0.05) is 50.2 Å². The van der Waals surface area contributed by atoms with Crippen molar-refractivity contribution < 1.29 is 14.3 Å². The lowest BCUT2D eigenvalue weighted by Gasteiger charge is -2.18. The molecule has 0 saturated heterocycles. The van der Waals surface area contributed by atoms with E-state index >= 15 is 0 Å². The molecule has 2 atom stereocenters. The normalized spacial score (nSPS) is 13.0. The first-order valence-electron chi connectivity index (χ1n) is 8.60. The minimum Gasteiger partial charge on any atom is -0.449 e. The largest absolute Gasteiger partial charge is 0.449 e. The van der Waals surface area contributed by atoms with Crippen molar-refractivity contribution in [1.29, 1.82) is 0 Å². The van der Waals surface area contributed by atoms with Crippen LogP contribution in [-0.4, -0.2) is 18.0 Å². The molecule has 0 spiro atoms. The quantitative estimate of drug-likeness (QED) is 0.777. The van der Waals surface area contributed by atoms with Gasteiger partial charge in [-0.2, -0.15) is 0 Å². The minimum absolute atomic E-state index is 0.335. The lowest BCUT2D eigenvalue weighted by molar-refractivity contribution is -0.123. The van der Waals surface area contributed by atoms with Crippen LogP contribution < -0.4 is 5.32 Å². The SMILES string of the molecule is CCC(C)c1ccccc1NC(=O)C(C)OC(=O)c1ccccc1C. The number of para-hydroxylation sites is 1. The Morgan fingerprint density at radius 3 is 2.36 bits per heavy atom. The summed E-state index contributed by atoms with van der Waals surface area (Å²) in [6, 6.07) is 14.9. The van der Waals surface area contributed by atoms with E-state index in [1.165, 1.54) is 0 Å². The van der Waals surface area contributed by atoms with Crippen molar-refractivity contribution in [2.24, 2.45) is 0 Å². The van der Waals surface area contributed by atoms with Crippen molar-refractivity contribution in [2.75, 3.05) is 5.32 Å². The molecule has 2 rings (SSSR count). The van der Waals surface area contributed by atoms with Gasteiger partial charge < -0.3 is 10.1 Å². The molecule has 132 valence electrons. The lowest BCUT2D eigenvalue weighted by Crippen LogP contribution is -2.30. The topological polar surface area (TPSA) is 55.4 Å². The number of carbonyl (C=O) groups is 2. The van der Waals surface area contributed by atoms with Crippen LogP contribution in [0.5, 0.6) is 0 Å². The summed E-state index contributed by atoms with van der Waals surface area (Å²) >= 11 is 0. The van der Waals surface area contributed by atoms with Gasteiger partial charge in [0.1, 0.15) is 0 Å². The summed E-state index contributed by atoms with van der Waals surface area (Å²) in [5.74, 6) is -0.491. The molecule has 0 aliphatic heterocycles. The number of hydrogen-bond donors (Lipinski definition) is 1. The molecular formula is C21H25NO3. The molecule has 25 heavy (non-hydrogen) atoms.